The minimum Gasteiger partial charge on any atom is -0.0587 e. The Hall–Kier alpha value is -0.120. The fourth-order valence-corrected chi connectivity index (χ4v) is 1.89. The van der Waals surface area contributed by atoms with Crippen molar-refractivity contribution in [2.75, 3.05) is 0 Å². The van der Waals surface area contributed by atoms with Crippen molar-refractivity contribution in [3.8, 4) is 0 Å². The van der Waals surface area contributed by atoms with E-state index in [1.54, 1.807) is 0 Å². The van der Waals surface area contributed by atoms with Crippen LogP contribution in [0.25, 0.3) is 0 Å². The van der Waals surface area contributed by atoms with Gasteiger partial charge in [-0.05, 0) is 25.5 Å². The summed E-state index contributed by atoms with van der Waals surface area (Å²) in [4.78, 5) is 0. The van der Waals surface area contributed by atoms with E-state index in [-0.39, 0.29) is 0 Å². The molecule has 1 aromatic rings. The Bertz CT molecular complexity index is 233. The second-order valence-electron chi connectivity index (χ2n) is 2.32. The first kappa shape index (κ1) is 7.98. The molecule has 1 aromatic carbocycles. The van der Waals surface area contributed by atoms with Crippen LogP contribution in [0.2, 0.25) is 0 Å². The van der Waals surface area contributed by atoms with Gasteiger partial charge < -0.3 is 0 Å². The second-order valence-corrected chi connectivity index (χ2v) is 3.89. The van der Waals surface area contributed by atoms with Crippen LogP contribution in [-0.2, 0) is 0 Å². The predicted molar refractivity (Wildman–Crippen MR) is 35.7 cm³/mol. The molecule has 0 nitrogen and oxygen atoms in total. The summed E-state index contributed by atoms with van der Waals surface area (Å²) in [5.41, 5.74) is 2.24. The third kappa shape index (κ3) is 1.68. The minimum absolute atomic E-state index is 0.916. The van der Waals surface area contributed by atoms with E-state index in [1.165, 1.54) is 0 Å². The smallest absolute Gasteiger partial charge is 0.0587 e. The SMILES string of the molecule is Cc1ccc(C)c([I+]F)c1. The van der Waals surface area contributed by atoms with Crippen LogP contribution in [0.1, 0.15) is 11.1 Å². The molecule has 0 amide bonds. The molecule has 0 atom stereocenters. The summed E-state index contributed by atoms with van der Waals surface area (Å²) in [6, 6.07) is 5.92. The Morgan fingerprint density at radius 2 is 2.00 bits per heavy atom. The zero-order chi connectivity index (χ0) is 7.56. The van der Waals surface area contributed by atoms with Gasteiger partial charge in [0.1, 0.15) is 0 Å². The van der Waals surface area contributed by atoms with Crippen LogP contribution in [0.5, 0.6) is 0 Å². The molecule has 10 heavy (non-hydrogen) atoms. The second kappa shape index (κ2) is 3.32. The maximum atomic E-state index is 12.3. The Morgan fingerprint density at radius 3 is 2.50 bits per heavy atom. The quantitative estimate of drug-likeness (QED) is 0.587. The third-order valence-corrected chi connectivity index (χ3v) is 3.01. The molecule has 1 rings (SSSR count). The standard InChI is InChI=1S/C8H9FI/c1-6-3-4-7(2)8(5-6)10-9/h3-5H,1-2H3/q+1. The lowest BCUT2D eigenvalue weighted by Gasteiger charge is -1.91. The van der Waals surface area contributed by atoms with Crippen molar-refractivity contribution in [1.29, 1.82) is 0 Å². The molecule has 0 aliphatic carbocycles. The lowest BCUT2D eigenvalue weighted by molar-refractivity contribution is -0.803. The van der Waals surface area contributed by atoms with Crippen molar-refractivity contribution in [3.05, 3.63) is 32.9 Å². The van der Waals surface area contributed by atoms with Crippen LogP contribution in [0.3, 0.4) is 0 Å². The van der Waals surface area contributed by atoms with Crippen molar-refractivity contribution in [3.63, 3.8) is 0 Å². The van der Waals surface area contributed by atoms with Crippen LogP contribution < -0.4 is 21.8 Å². The highest BCUT2D eigenvalue weighted by Crippen LogP contribution is 2.00. The van der Waals surface area contributed by atoms with Gasteiger partial charge in [-0.25, -0.2) is 0 Å². The first-order valence-electron chi connectivity index (χ1n) is 3.07. The fourth-order valence-electron chi connectivity index (χ4n) is 0.775. The predicted octanol–water partition coefficient (Wildman–Crippen LogP) is -0.553. The van der Waals surface area contributed by atoms with Gasteiger partial charge in [0.15, 0.2) is 0 Å². The third-order valence-electron chi connectivity index (χ3n) is 1.40. The topological polar surface area (TPSA) is 0 Å². The van der Waals surface area contributed by atoms with E-state index in [0.717, 1.165) is 14.7 Å². The average Bonchev–Trinajstić information content (AvgIpc) is 1.94. The summed E-state index contributed by atoms with van der Waals surface area (Å²) < 4.78 is 13.2. The molecular weight excluding hydrogens is 242 g/mol. The Kier molecular flexibility index (Phi) is 2.65. The normalized spacial score (nSPS) is 9.90. The first-order valence-corrected chi connectivity index (χ1v) is 4.96. The summed E-state index contributed by atoms with van der Waals surface area (Å²) in [6.45, 7) is 3.94. The van der Waals surface area contributed by atoms with Crippen molar-refractivity contribution in [2.24, 2.45) is 0 Å². The zero-order valence-electron chi connectivity index (χ0n) is 5.99. The van der Waals surface area contributed by atoms with E-state index < -0.39 is 21.8 Å². The molecule has 0 spiro atoms. The summed E-state index contributed by atoms with van der Waals surface area (Å²) in [7, 11) is 0. The minimum atomic E-state index is -1.23. The fraction of sp³-hybridized carbons (Fsp3) is 0.250. The maximum absolute atomic E-state index is 12.3. The van der Waals surface area contributed by atoms with Gasteiger partial charge in [0.05, 0.1) is 2.86 Å². The van der Waals surface area contributed by atoms with E-state index in [4.69, 9.17) is 0 Å². The zero-order valence-corrected chi connectivity index (χ0v) is 8.15. The molecule has 0 radical (unpaired) electrons. The van der Waals surface area contributed by atoms with E-state index >= 15 is 0 Å². The van der Waals surface area contributed by atoms with E-state index in [2.05, 4.69) is 0 Å². The molecule has 0 bridgehead atoms. The van der Waals surface area contributed by atoms with E-state index in [1.807, 2.05) is 32.0 Å². The molecule has 0 aliphatic heterocycles. The van der Waals surface area contributed by atoms with Crippen molar-refractivity contribution in [2.45, 2.75) is 13.8 Å². The number of hydrogen-bond donors (Lipinski definition) is 0. The Morgan fingerprint density at radius 1 is 1.30 bits per heavy atom. The molecule has 0 fully saturated rings. The van der Waals surface area contributed by atoms with Gasteiger partial charge >= 0.3 is 21.8 Å². The average molecular weight is 251 g/mol. The highest BCUT2D eigenvalue weighted by molar-refractivity contribution is 5.18. The van der Waals surface area contributed by atoms with Gasteiger partial charge in [-0.15, -0.1) is 0 Å². The summed E-state index contributed by atoms with van der Waals surface area (Å²) in [5.74, 6) is 0. The monoisotopic (exact) mass is 251 g/mol. The molecule has 0 saturated carbocycles. The number of benzene rings is 1. The summed E-state index contributed by atoms with van der Waals surface area (Å²) >= 11 is -1.23. The molecule has 0 saturated heterocycles. The molecule has 0 N–H and O–H groups in total. The van der Waals surface area contributed by atoms with Gasteiger partial charge in [0.2, 0.25) is 3.57 Å². The van der Waals surface area contributed by atoms with Crippen LogP contribution in [-0.4, -0.2) is 0 Å². The van der Waals surface area contributed by atoms with E-state index in [0.29, 0.717) is 0 Å². The highest BCUT2D eigenvalue weighted by Gasteiger charge is 2.14. The van der Waals surface area contributed by atoms with Gasteiger partial charge in [-0.2, -0.15) is 0 Å². The lowest BCUT2D eigenvalue weighted by Crippen LogP contribution is -3.56. The van der Waals surface area contributed by atoms with Crippen LogP contribution in [0, 0.1) is 17.4 Å². The molecule has 0 aliphatic rings. The van der Waals surface area contributed by atoms with Gasteiger partial charge in [0.25, 0.3) is 0 Å². The largest absolute Gasteiger partial charge is 0.576 e. The summed E-state index contributed by atoms with van der Waals surface area (Å²) in [5, 5.41) is 0. The number of rotatable bonds is 1. The molecule has 0 heterocycles. The number of aryl methyl sites for hydroxylation is 2. The first-order chi connectivity index (χ1) is 4.74. The van der Waals surface area contributed by atoms with E-state index in [9.17, 15) is 2.86 Å². The van der Waals surface area contributed by atoms with Crippen LogP contribution >= 0.6 is 0 Å². The molecule has 54 valence electrons. The number of hydrogen-bond acceptors (Lipinski definition) is 0. The molecule has 0 unspecified atom stereocenters. The van der Waals surface area contributed by atoms with Gasteiger partial charge in [0, 0.05) is 5.56 Å². The maximum Gasteiger partial charge on any atom is 0.576 e. The van der Waals surface area contributed by atoms with Gasteiger partial charge in [-0.3, -0.25) is 0 Å². The molecule has 0 aromatic heterocycles. The summed E-state index contributed by atoms with van der Waals surface area (Å²) in [6.07, 6.45) is 0. The Balaban J connectivity index is 3.09. The lowest BCUT2D eigenvalue weighted by atomic mass is 10.2. The van der Waals surface area contributed by atoms with Crippen molar-refractivity contribution >= 4 is 0 Å². The number of halogens is 2. The van der Waals surface area contributed by atoms with Crippen molar-refractivity contribution in [1.82, 2.24) is 0 Å². The molecule has 2 heteroatoms. The van der Waals surface area contributed by atoms with Crippen molar-refractivity contribution < 1.29 is 24.6 Å². The van der Waals surface area contributed by atoms with Crippen LogP contribution in [0.15, 0.2) is 18.2 Å². The Labute approximate surface area is 71.5 Å². The highest BCUT2D eigenvalue weighted by atomic mass is 127. The van der Waals surface area contributed by atoms with Crippen LogP contribution in [0.4, 0.5) is 2.86 Å². The van der Waals surface area contributed by atoms with Gasteiger partial charge in [-0.1, -0.05) is 12.1 Å². The molecular formula is C8H9FI+.